The summed E-state index contributed by atoms with van der Waals surface area (Å²) in [6.45, 7) is 0. The van der Waals surface area contributed by atoms with Crippen molar-refractivity contribution >= 4 is 45.4 Å². The van der Waals surface area contributed by atoms with Crippen LogP contribution in [0.2, 0.25) is 0 Å². The summed E-state index contributed by atoms with van der Waals surface area (Å²) in [5, 5.41) is 0. The van der Waals surface area contributed by atoms with Crippen molar-refractivity contribution in [2.24, 2.45) is 0 Å². The van der Waals surface area contributed by atoms with Gasteiger partial charge < -0.3 is 0 Å². The second-order valence-electron chi connectivity index (χ2n) is 0.658. The standard InChI is InChI=1S/H2O3S2.Pb/c1-5(2,3)4;/h(H2,1,2,3,4);/q;+2/p-2. The molecule has 0 aromatic heterocycles. The average Bonchev–Trinajstić information content (AvgIpc) is 1.32. The summed E-state index contributed by atoms with van der Waals surface area (Å²) in [5.74, 6) is 0. The molecule has 6 heavy (non-hydrogen) atoms. The van der Waals surface area contributed by atoms with E-state index >= 15 is 0 Å². The summed E-state index contributed by atoms with van der Waals surface area (Å²) >= 11 is 2.94. The molecule has 0 unspecified atom stereocenters. The Labute approximate surface area is 53.6 Å². The second-order valence-corrected chi connectivity index (χ2v) is 7.57. The molecule has 1 aliphatic rings. The van der Waals surface area contributed by atoms with Crippen LogP contribution in [-0.4, -0.2) is 29.3 Å². The van der Waals surface area contributed by atoms with Crippen LogP contribution in [0, 0.1) is 0 Å². The summed E-state index contributed by atoms with van der Waals surface area (Å²) in [5.41, 5.74) is 0. The van der Waals surface area contributed by atoms with Gasteiger partial charge in [-0.1, -0.05) is 0 Å². The van der Waals surface area contributed by atoms with E-state index in [1.165, 1.54) is 0 Å². The summed E-state index contributed by atoms with van der Waals surface area (Å²) in [6, 6.07) is 0. The fraction of sp³-hybridized carbons (Fsp3) is 0. The van der Waals surface area contributed by atoms with E-state index in [4.69, 9.17) is 0 Å². The zero-order valence-corrected chi connectivity index (χ0v) is 8.06. The van der Waals surface area contributed by atoms with Gasteiger partial charge in [0.05, 0.1) is 0 Å². The molecule has 3 nitrogen and oxygen atoms in total. The minimum absolute atomic E-state index is 1.26. The molecule has 1 rings (SSSR count). The van der Waals surface area contributed by atoms with Crippen LogP contribution >= 0.6 is 0 Å². The molecule has 0 aromatic carbocycles. The molecule has 0 aromatic rings. The topological polar surface area (TPSA) is 35.5 Å². The molecule has 0 amide bonds. The number of rotatable bonds is 0. The van der Waals surface area contributed by atoms with Gasteiger partial charge in [0.1, 0.15) is 0 Å². The van der Waals surface area contributed by atoms with Crippen molar-refractivity contribution < 1.29 is 8.48 Å². The van der Waals surface area contributed by atoms with E-state index in [1.807, 2.05) is 0 Å². The number of hydrogen-bond donors (Lipinski definition) is 0. The number of hydrogen-bond acceptors (Lipinski definition) is 4. The molecular weight excluding hydrogens is 319 g/mol. The van der Waals surface area contributed by atoms with E-state index in [0.29, 0.717) is 0 Å². The third-order valence-corrected chi connectivity index (χ3v) is 10.7. The Balaban J connectivity index is 2.78. The van der Waals surface area contributed by atoms with Crippen molar-refractivity contribution in [2.45, 2.75) is 0 Å². The Morgan fingerprint density at radius 3 is 2.00 bits per heavy atom. The van der Waals surface area contributed by atoms with E-state index in [-0.39, 0.29) is 0 Å². The van der Waals surface area contributed by atoms with E-state index in [2.05, 4.69) is 15.5 Å². The van der Waals surface area contributed by atoms with Gasteiger partial charge >= 0.3 is 53.9 Å². The molecule has 1 aliphatic heterocycles. The van der Waals surface area contributed by atoms with Gasteiger partial charge in [-0.25, -0.2) is 0 Å². The zero-order chi connectivity index (χ0) is 4.62. The summed E-state index contributed by atoms with van der Waals surface area (Å²) in [6.07, 6.45) is 0. The van der Waals surface area contributed by atoms with Crippen molar-refractivity contribution in [3.63, 3.8) is 0 Å². The molecule has 1 saturated heterocycles. The van der Waals surface area contributed by atoms with E-state index in [1.54, 1.807) is 0 Å². The molecule has 2 radical (unpaired) electrons. The van der Waals surface area contributed by atoms with E-state index < -0.39 is 34.2 Å². The Bertz CT molecular complexity index is 123. The molecule has 6 heteroatoms. The molecule has 34 valence electrons. The van der Waals surface area contributed by atoms with Crippen LogP contribution < -0.4 is 0 Å². The van der Waals surface area contributed by atoms with Gasteiger partial charge in [-0.15, -0.1) is 0 Å². The maximum absolute atomic E-state index is 10.1. The predicted molar refractivity (Wildman–Crippen MR) is 23.4 cm³/mol. The third-order valence-electron chi connectivity index (χ3n) is 0.272. The van der Waals surface area contributed by atoms with Crippen molar-refractivity contribution in [3.8, 4) is 0 Å². The summed E-state index contributed by atoms with van der Waals surface area (Å²) in [7, 11) is -2.56. The maximum atomic E-state index is 10.1. The van der Waals surface area contributed by atoms with Crippen LogP contribution in [0.4, 0.5) is 0 Å². The average molecular weight is 319 g/mol. The molecule has 0 saturated carbocycles. The quantitative estimate of drug-likeness (QED) is 0.545. The van der Waals surface area contributed by atoms with Gasteiger partial charge in [0.25, 0.3) is 0 Å². The Kier molecular flexibility index (Phi) is 1.44. The van der Waals surface area contributed by atoms with Gasteiger partial charge in [-0.3, -0.25) is 0 Å². The fourth-order valence-electron chi connectivity index (χ4n) is 0.0896. The van der Waals surface area contributed by atoms with Gasteiger partial charge in [0.2, 0.25) is 0 Å². The Morgan fingerprint density at radius 2 is 2.00 bits per heavy atom. The molecule has 0 bridgehead atoms. The Morgan fingerprint density at radius 1 is 1.67 bits per heavy atom. The first kappa shape index (κ1) is 5.35. The normalized spacial score (nSPS) is 28.7. The summed E-state index contributed by atoms with van der Waals surface area (Å²) in [4.78, 5) is 0. The van der Waals surface area contributed by atoms with Crippen molar-refractivity contribution in [1.82, 2.24) is 0 Å². The molecule has 0 N–H and O–H groups in total. The van der Waals surface area contributed by atoms with Crippen LogP contribution in [-0.2, 0) is 24.5 Å². The molecule has 0 spiro atoms. The molecule has 1 heterocycles. The van der Waals surface area contributed by atoms with Gasteiger partial charge in [-0.2, -0.15) is 0 Å². The minimum atomic E-state index is -2.56. The first-order chi connectivity index (χ1) is 2.71. The van der Waals surface area contributed by atoms with Crippen LogP contribution in [0.15, 0.2) is 0 Å². The monoisotopic (exact) mass is 320 g/mol. The predicted octanol–water partition coefficient (Wildman–Crippen LogP) is -0.856. The van der Waals surface area contributed by atoms with Gasteiger partial charge in [0.15, 0.2) is 0 Å². The van der Waals surface area contributed by atoms with Crippen LogP contribution in [0.1, 0.15) is 0 Å². The Hall–Kier alpha value is 1.21. The zero-order valence-electron chi connectivity index (χ0n) is 2.54. The van der Waals surface area contributed by atoms with Crippen molar-refractivity contribution in [2.75, 3.05) is 0 Å². The van der Waals surface area contributed by atoms with Crippen LogP contribution in [0.3, 0.4) is 0 Å². The van der Waals surface area contributed by atoms with Crippen LogP contribution in [0.25, 0.3) is 0 Å². The SMILES string of the molecule is O=S1(=S)[O][Pb][O]1. The van der Waals surface area contributed by atoms with E-state index in [9.17, 15) is 4.21 Å². The molecule has 0 atom stereocenters. The second kappa shape index (κ2) is 1.62. The molecule has 0 aliphatic carbocycles. The molecule has 1 fully saturated rings. The summed E-state index contributed by atoms with van der Waals surface area (Å²) < 4.78 is 18.9. The van der Waals surface area contributed by atoms with Crippen molar-refractivity contribution in [3.05, 3.63) is 0 Å². The fourth-order valence-corrected chi connectivity index (χ4v) is 3.82. The van der Waals surface area contributed by atoms with Crippen LogP contribution in [0.5, 0.6) is 0 Å². The van der Waals surface area contributed by atoms with Gasteiger partial charge in [0, 0.05) is 0 Å². The van der Waals surface area contributed by atoms with Gasteiger partial charge in [-0.05, 0) is 0 Å². The van der Waals surface area contributed by atoms with E-state index in [0.717, 1.165) is 0 Å². The third kappa shape index (κ3) is 1.09. The van der Waals surface area contributed by atoms with Crippen molar-refractivity contribution in [1.29, 1.82) is 0 Å². The first-order valence-electron chi connectivity index (χ1n) is 1.07. The first-order valence-corrected chi connectivity index (χ1v) is 6.58. The molecular formula is O3PbS2.